The Morgan fingerprint density at radius 3 is 2.32 bits per heavy atom. The van der Waals surface area contributed by atoms with Gasteiger partial charge in [-0.25, -0.2) is 0 Å². The second-order valence-electron chi connectivity index (χ2n) is 6.07. The quantitative estimate of drug-likeness (QED) is 0.615. The molecule has 0 aliphatic heterocycles. The fraction of sp³-hybridized carbons (Fsp3) is 0.333. The van der Waals surface area contributed by atoms with Gasteiger partial charge in [0.25, 0.3) is 5.91 Å². The molecule has 1 atom stereocenters. The van der Waals surface area contributed by atoms with Crippen molar-refractivity contribution in [2.45, 2.75) is 25.8 Å². The van der Waals surface area contributed by atoms with Crippen molar-refractivity contribution in [1.29, 1.82) is 0 Å². The van der Waals surface area contributed by atoms with E-state index in [1.807, 2.05) is 6.92 Å². The van der Waals surface area contributed by atoms with Gasteiger partial charge >= 0.3 is 5.97 Å². The Bertz CT molecular complexity index is 775. The van der Waals surface area contributed by atoms with Gasteiger partial charge in [-0.1, -0.05) is 31.2 Å². The lowest BCUT2D eigenvalue weighted by molar-refractivity contribution is -0.137. The maximum atomic E-state index is 12.3. The van der Waals surface area contributed by atoms with Crippen LogP contribution in [0.25, 0.3) is 0 Å². The molecule has 0 bridgehead atoms. The van der Waals surface area contributed by atoms with Crippen LogP contribution in [-0.4, -0.2) is 37.3 Å². The van der Waals surface area contributed by atoms with Crippen LogP contribution in [-0.2, 0) is 9.59 Å². The molecule has 0 radical (unpaired) electrons. The molecular formula is C21H25NO6. The van der Waals surface area contributed by atoms with Gasteiger partial charge in [0.05, 0.1) is 26.2 Å². The van der Waals surface area contributed by atoms with Crippen LogP contribution >= 0.6 is 0 Å². The fourth-order valence-electron chi connectivity index (χ4n) is 2.56. The molecule has 150 valence electrons. The van der Waals surface area contributed by atoms with E-state index in [2.05, 4.69) is 5.32 Å². The number of carbonyl (C=O) groups excluding carboxylic acids is 1. The zero-order chi connectivity index (χ0) is 20.4. The van der Waals surface area contributed by atoms with Gasteiger partial charge in [0.15, 0.2) is 18.1 Å². The molecule has 0 aliphatic rings. The van der Waals surface area contributed by atoms with Crippen molar-refractivity contribution in [2.75, 3.05) is 20.3 Å². The van der Waals surface area contributed by atoms with Crippen LogP contribution in [0.15, 0.2) is 48.5 Å². The Morgan fingerprint density at radius 2 is 1.71 bits per heavy atom. The minimum absolute atomic E-state index is 0.241. The van der Waals surface area contributed by atoms with Crippen molar-refractivity contribution in [2.24, 2.45) is 0 Å². The largest absolute Gasteiger partial charge is 0.494 e. The number of methoxy groups -OCH3 is 1. The van der Waals surface area contributed by atoms with E-state index >= 15 is 0 Å². The summed E-state index contributed by atoms with van der Waals surface area (Å²) in [6, 6.07) is 13.3. The number of benzene rings is 2. The molecule has 7 heteroatoms. The van der Waals surface area contributed by atoms with Crippen LogP contribution in [0.2, 0.25) is 0 Å². The molecule has 28 heavy (non-hydrogen) atoms. The molecular weight excluding hydrogens is 362 g/mol. The molecule has 0 fully saturated rings. The molecule has 0 aliphatic carbocycles. The smallest absolute Gasteiger partial charge is 0.305 e. The summed E-state index contributed by atoms with van der Waals surface area (Å²) >= 11 is 0. The first kappa shape index (κ1) is 21.1. The van der Waals surface area contributed by atoms with E-state index in [1.165, 1.54) is 7.11 Å². The Kier molecular flexibility index (Phi) is 8.14. The Morgan fingerprint density at radius 1 is 1.04 bits per heavy atom. The molecule has 1 amide bonds. The van der Waals surface area contributed by atoms with Crippen LogP contribution < -0.4 is 19.5 Å². The highest BCUT2D eigenvalue weighted by atomic mass is 16.5. The zero-order valence-corrected chi connectivity index (χ0v) is 16.0. The average molecular weight is 387 g/mol. The standard InChI is InChI=1S/C21H25NO6/c1-3-12-27-16-10-8-15(9-11-16)17(13-21(24)25)22-20(23)14-28-19-7-5-4-6-18(19)26-2/h4-11,17H,3,12-14H2,1-2H3,(H,22,23)(H,24,25)/t17-/m1/s1. The van der Waals surface area contributed by atoms with Gasteiger partial charge in [0, 0.05) is 0 Å². The minimum atomic E-state index is -1.01. The predicted molar refractivity (Wildman–Crippen MR) is 104 cm³/mol. The number of hydrogen-bond donors (Lipinski definition) is 2. The number of carboxylic acids is 1. The molecule has 2 rings (SSSR count). The average Bonchev–Trinajstić information content (AvgIpc) is 2.70. The Hall–Kier alpha value is -3.22. The molecule has 0 unspecified atom stereocenters. The minimum Gasteiger partial charge on any atom is -0.494 e. The number of nitrogens with one attached hydrogen (secondary N) is 1. The van der Waals surface area contributed by atoms with Crippen LogP contribution in [0.1, 0.15) is 31.4 Å². The predicted octanol–water partition coefficient (Wildman–Crippen LogP) is 3.20. The van der Waals surface area contributed by atoms with Crippen LogP contribution in [0, 0.1) is 0 Å². The molecule has 2 aromatic rings. The maximum absolute atomic E-state index is 12.3. The van der Waals surface area contributed by atoms with E-state index in [0.717, 1.165) is 6.42 Å². The highest BCUT2D eigenvalue weighted by Crippen LogP contribution is 2.26. The third kappa shape index (κ3) is 6.50. The highest BCUT2D eigenvalue weighted by molar-refractivity contribution is 5.79. The number of aliphatic carboxylic acids is 1. The monoisotopic (exact) mass is 387 g/mol. The van der Waals surface area contributed by atoms with Gasteiger partial charge in [0.2, 0.25) is 0 Å². The molecule has 0 spiro atoms. The maximum Gasteiger partial charge on any atom is 0.305 e. The van der Waals surface area contributed by atoms with E-state index in [0.29, 0.717) is 29.4 Å². The second-order valence-corrected chi connectivity index (χ2v) is 6.07. The molecule has 0 heterocycles. The summed E-state index contributed by atoms with van der Waals surface area (Å²) in [5.74, 6) is 0.212. The van der Waals surface area contributed by atoms with E-state index < -0.39 is 17.9 Å². The number of para-hydroxylation sites is 2. The first-order valence-corrected chi connectivity index (χ1v) is 9.03. The van der Waals surface area contributed by atoms with Crippen LogP contribution in [0.3, 0.4) is 0 Å². The van der Waals surface area contributed by atoms with E-state index in [1.54, 1.807) is 48.5 Å². The molecule has 0 saturated heterocycles. The molecule has 0 saturated carbocycles. The van der Waals surface area contributed by atoms with E-state index in [9.17, 15) is 14.7 Å². The van der Waals surface area contributed by atoms with Crippen molar-refractivity contribution in [3.63, 3.8) is 0 Å². The van der Waals surface area contributed by atoms with E-state index in [4.69, 9.17) is 14.2 Å². The summed E-state index contributed by atoms with van der Waals surface area (Å²) in [5, 5.41) is 11.9. The summed E-state index contributed by atoms with van der Waals surface area (Å²) in [7, 11) is 1.51. The number of ether oxygens (including phenoxy) is 3. The van der Waals surface area contributed by atoms with Gasteiger partial charge in [-0.3, -0.25) is 9.59 Å². The van der Waals surface area contributed by atoms with Crippen LogP contribution in [0.5, 0.6) is 17.2 Å². The van der Waals surface area contributed by atoms with Crippen molar-refractivity contribution in [3.8, 4) is 17.2 Å². The molecule has 2 N–H and O–H groups in total. The molecule has 0 aromatic heterocycles. The van der Waals surface area contributed by atoms with Crippen molar-refractivity contribution >= 4 is 11.9 Å². The number of carboxylic acid groups (broad SMARTS) is 1. The first-order chi connectivity index (χ1) is 13.5. The lowest BCUT2D eigenvalue weighted by Crippen LogP contribution is -2.33. The third-order valence-corrected chi connectivity index (χ3v) is 3.90. The lowest BCUT2D eigenvalue weighted by Gasteiger charge is -2.18. The van der Waals surface area contributed by atoms with Gasteiger partial charge in [-0.2, -0.15) is 0 Å². The molecule has 7 nitrogen and oxygen atoms in total. The summed E-state index contributed by atoms with van der Waals surface area (Å²) in [5.41, 5.74) is 0.678. The normalized spacial score (nSPS) is 11.4. The summed E-state index contributed by atoms with van der Waals surface area (Å²) < 4.78 is 16.2. The topological polar surface area (TPSA) is 94.1 Å². The first-order valence-electron chi connectivity index (χ1n) is 9.03. The SMILES string of the molecule is CCCOc1ccc([C@@H](CC(=O)O)NC(=O)COc2ccccc2OC)cc1. The van der Waals surface area contributed by atoms with Crippen molar-refractivity contribution < 1.29 is 28.9 Å². The van der Waals surface area contributed by atoms with Crippen molar-refractivity contribution in [3.05, 3.63) is 54.1 Å². The van der Waals surface area contributed by atoms with Gasteiger partial charge in [0.1, 0.15) is 5.75 Å². The summed E-state index contributed by atoms with van der Waals surface area (Å²) in [4.78, 5) is 23.5. The van der Waals surface area contributed by atoms with Crippen molar-refractivity contribution in [1.82, 2.24) is 5.32 Å². The molecule has 2 aromatic carbocycles. The number of hydrogen-bond acceptors (Lipinski definition) is 5. The van der Waals surface area contributed by atoms with Gasteiger partial charge < -0.3 is 24.6 Å². The van der Waals surface area contributed by atoms with E-state index in [-0.39, 0.29) is 13.0 Å². The number of rotatable bonds is 11. The number of carbonyl (C=O) groups is 2. The van der Waals surface area contributed by atoms with Gasteiger partial charge in [-0.05, 0) is 36.2 Å². The summed E-state index contributed by atoms with van der Waals surface area (Å²) in [6.45, 7) is 2.36. The lowest BCUT2D eigenvalue weighted by atomic mass is 10.0. The number of amides is 1. The summed E-state index contributed by atoms with van der Waals surface area (Å²) in [6.07, 6.45) is 0.654. The third-order valence-electron chi connectivity index (χ3n) is 3.90. The fourth-order valence-corrected chi connectivity index (χ4v) is 2.56. The van der Waals surface area contributed by atoms with Crippen LogP contribution in [0.4, 0.5) is 0 Å². The Labute approximate surface area is 164 Å². The second kappa shape index (κ2) is 10.8. The zero-order valence-electron chi connectivity index (χ0n) is 16.0. The van der Waals surface area contributed by atoms with Gasteiger partial charge in [-0.15, -0.1) is 0 Å². The Balaban J connectivity index is 2.00. The highest BCUT2D eigenvalue weighted by Gasteiger charge is 2.19.